The number of hydrogen-bond acceptors (Lipinski definition) is 0. The molecular weight excluding hydrogens is 759 g/mol. The molecule has 0 nitrogen and oxygen atoms in total. The van der Waals surface area contributed by atoms with Crippen LogP contribution in [0, 0.1) is 20.8 Å². The first-order chi connectivity index (χ1) is 24.1. The molecule has 0 aliphatic heterocycles. The quantitative estimate of drug-likeness (QED) is 0.172. The Morgan fingerprint density at radius 3 is 0.962 bits per heavy atom. The Morgan fingerprint density at radius 1 is 0.396 bits per heavy atom. The molecule has 0 amide bonds. The van der Waals surface area contributed by atoms with Crippen LogP contribution in [0.1, 0.15) is 44.4 Å². The van der Waals surface area contributed by atoms with Gasteiger partial charge in [-0.05, 0) is 0 Å². The standard InChI is InChI=1S/C48H45Si.3ClH.Ti/c1-33-20-17-29-42(45(33)39-23-11-8-12-24-39)49(48(7)32-36(4)37(5)38(48)6,43-30-18-21-34(2)46(43)40-25-13-9-14-26-40)44-31-19-22-35(3)47(44)41-27-15-10-16-28-41;;;;/h8-31H,1-7H3;3*1H;/q;;;;+3/p-3. The Kier molecular flexibility index (Phi) is 13.5. The Bertz CT molecular complexity index is 2060. The van der Waals surface area contributed by atoms with E-state index in [1.807, 2.05) is 0 Å². The second kappa shape index (κ2) is 17.0. The van der Waals surface area contributed by atoms with Gasteiger partial charge >= 0.3 is 314 Å². The molecule has 53 heavy (non-hydrogen) atoms. The largest absolute Gasteiger partial charge is 1.00 e. The van der Waals surface area contributed by atoms with Gasteiger partial charge in [0.1, 0.15) is 0 Å². The van der Waals surface area contributed by atoms with E-state index in [-0.39, 0.29) is 42.3 Å². The third-order valence-electron chi connectivity index (χ3n) is 11.7. The van der Waals surface area contributed by atoms with E-state index in [1.54, 1.807) is 0 Å². The van der Waals surface area contributed by atoms with E-state index in [9.17, 15) is 0 Å². The normalized spacial score (nSPS) is 15.4. The van der Waals surface area contributed by atoms with Crippen LogP contribution < -0.4 is 52.8 Å². The smallest absolute Gasteiger partial charge is 1.00 e. The molecule has 0 aromatic heterocycles. The van der Waals surface area contributed by atoms with Gasteiger partial charge in [0, 0.05) is 0 Å². The van der Waals surface area contributed by atoms with Crippen molar-refractivity contribution in [3.05, 3.63) is 183 Å². The zero-order chi connectivity index (χ0) is 35.2. The van der Waals surface area contributed by atoms with Crippen LogP contribution in [0.4, 0.5) is 0 Å². The van der Waals surface area contributed by atoms with Gasteiger partial charge in [0.05, 0.1) is 0 Å². The second-order valence-corrected chi connectivity index (χ2v) is 19.1. The second-order valence-electron chi connectivity index (χ2n) is 14.2. The fourth-order valence-electron chi connectivity index (χ4n) is 9.02. The summed E-state index contributed by atoms with van der Waals surface area (Å²) in [5, 5.41) is 4.13. The van der Waals surface area contributed by atoms with Crippen molar-refractivity contribution in [2.24, 2.45) is 0 Å². The third-order valence-corrected chi connectivity index (χ3v) is 19.3. The van der Waals surface area contributed by atoms with Crippen LogP contribution in [0.3, 0.4) is 0 Å². The molecule has 0 saturated carbocycles. The topological polar surface area (TPSA) is 0 Å². The molecular formula is C48H45Cl3SiTi. The van der Waals surface area contributed by atoms with E-state index in [0.29, 0.717) is 0 Å². The average Bonchev–Trinajstić information content (AvgIpc) is 3.29. The van der Waals surface area contributed by atoms with Crippen molar-refractivity contribution in [1.82, 2.24) is 0 Å². The monoisotopic (exact) mass is 802 g/mol. The molecule has 0 N–H and O–H groups in total. The van der Waals surface area contributed by atoms with Gasteiger partial charge in [-0.1, -0.05) is 0 Å². The summed E-state index contributed by atoms with van der Waals surface area (Å²) in [7, 11) is -3.22. The molecule has 0 spiro atoms. The molecule has 0 heterocycles. The predicted octanol–water partition coefficient (Wildman–Crippen LogP) is 2.03. The first kappa shape index (κ1) is 42.3. The van der Waals surface area contributed by atoms with Gasteiger partial charge in [-0.25, -0.2) is 0 Å². The molecule has 7 rings (SSSR count). The maximum absolute atomic E-state index is 3.22. The first-order valence-electron chi connectivity index (χ1n) is 17.7. The number of benzene rings is 6. The van der Waals surface area contributed by atoms with Gasteiger partial charge in [0.15, 0.2) is 0 Å². The van der Waals surface area contributed by atoms with Crippen molar-refractivity contribution in [2.75, 3.05) is 0 Å². The van der Waals surface area contributed by atoms with Crippen molar-refractivity contribution in [2.45, 2.75) is 53.5 Å². The number of rotatable bonds is 7. The summed E-state index contributed by atoms with van der Waals surface area (Å²) in [6.07, 6.45) is 0. The van der Waals surface area contributed by atoms with E-state index >= 15 is 0 Å². The van der Waals surface area contributed by atoms with Gasteiger partial charge in [-0.15, -0.1) is 0 Å². The molecule has 1 aliphatic carbocycles. The average molecular weight is 804 g/mol. The molecule has 0 saturated heterocycles. The zero-order valence-electron chi connectivity index (χ0n) is 31.5. The van der Waals surface area contributed by atoms with E-state index in [2.05, 4.69) is 214 Å². The molecule has 1 unspecified atom stereocenters. The summed E-state index contributed by atoms with van der Waals surface area (Å²) < 4.78 is 1.49. The Balaban J connectivity index is 0.00000209. The SMILES string of the molecule is CC1=C(C)C(C)([Si](c2cccc(C)c2-c2ccccc2)(c2cccc(C)c2-c2ccccc2)c2cccc(C)c2-c2ccccc2)[C]([Ti+3])=C1C.[Cl-].[Cl-].[Cl-]. The zero-order valence-corrected chi connectivity index (χ0v) is 36.3. The molecule has 1 atom stereocenters. The van der Waals surface area contributed by atoms with Crippen LogP contribution >= 0.6 is 0 Å². The molecule has 1 aliphatic rings. The van der Waals surface area contributed by atoms with E-state index in [4.69, 9.17) is 0 Å². The number of halogens is 3. The molecule has 0 fully saturated rings. The third kappa shape index (κ3) is 6.69. The Morgan fingerprint density at radius 2 is 0.698 bits per heavy atom. The van der Waals surface area contributed by atoms with Crippen LogP contribution in [0.2, 0.25) is 5.04 Å². The molecule has 0 radical (unpaired) electrons. The van der Waals surface area contributed by atoms with Crippen LogP contribution in [0.25, 0.3) is 33.4 Å². The summed E-state index contributed by atoms with van der Waals surface area (Å²) >= 11 is 2.44. The van der Waals surface area contributed by atoms with Crippen molar-refractivity contribution < 1.29 is 57.7 Å². The summed E-state index contributed by atoms with van der Waals surface area (Å²) in [6.45, 7) is 16.7. The minimum Gasteiger partial charge on any atom is -1.00 e. The van der Waals surface area contributed by atoms with Crippen molar-refractivity contribution in [1.29, 1.82) is 0 Å². The van der Waals surface area contributed by atoms with Gasteiger partial charge in [-0.2, -0.15) is 0 Å². The molecule has 6 aromatic rings. The molecule has 266 valence electrons. The van der Waals surface area contributed by atoms with Crippen molar-refractivity contribution in [3.8, 4) is 33.4 Å². The predicted molar refractivity (Wildman–Crippen MR) is 214 cm³/mol. The maximum atomic E-state index is 2.61. The first-order valence-corrected chi connectivity index (χ1v) is 20.5. The van der Waals surface area contributed by atoms with Crippen LogP contribution in [0.5, 0.6) is 0 Å². The molecule has 6 aromatic carbocycles. The molecule has 5 heteroatoms. The fraction of sp³-hybridized carbons (Fsp3) is 0.167. The van der Waals surface area contributed by atoms with Crippen LogP contribution in [-0.4, -0.2) is 8.07 Å². The van der Waals surface area contributed by atoms with Gasteiger partial charge in [-0.3, -0.25) is 0 Å². The molecule has 0 bridgehead atoms. The van der Waals surface area contributed by atoms with Crippen molar-refractivity contribution in [3.63, 3.8) is 0 Å². The Hall–Kier alpha value is -3.40. The fourth-order valence-corrected chi connectivity index (χ4v) is 17.5. The number of hydrogen-bond donors (Lipinski definition) is 0. The number of aryl methyl sites for hydroxylation is 3. The summed E-state index contributed by atoms with van der Waals surface area (Å²) in [4.78, 5) is 0. The summed E-state index contributed by atoms with van der Waals surface area (Å²) in [5.74, 6) is 0. The van der Waals surface area contributed by atoms with Crippen LogP contribution in [0.15, 0.2) is 166 Å². The van der Waals surface area contributed by atoms with Crippen molar-refractivity contribution >= 4 is 23.6 Å². The number of allylic oxidation sites excluding steroid dienone is 4. The van der Waals surface area contributed by atoms with Gasteiger partial charge in [0.2, 0.25) is 0 Å². The minimum atomic E-state index is -3.22. The van der Waals surface area contributed by atoms with Gasteiger partial charge < -0.3 is 37.2 Å². The van der Waals surface area contributed by atoms with E-state index < -0.39 is 8.07 Å². The minimum absolute atomic E-state index is 0. The van der Waals surface area contributed by atoms with E-state index in [0.717, 1.165) is 0 Å². The van der Waals surface area contributed by atoms with E-state index in [1.165, 1.54) is 86.2 Å². The maximum Gasteiger partial charge on any atom is -1.00 e. The summed E-state index contributed by atoms with van der Waals surface area (Å²) in [6, 6.07) is 54.9. The van der Waals surface area contributed by atoms with Crippen LogP contribution in [-0.2, 0) is 20.4 Å². The van der Waals surface area contributed by atoms with Gasteiger partial charge in [0.25, 0.3) is 0 Å². The summed E-state index contributed by atoms with van der Waals surface area (Å²) in [5.41, 5.74) is 16.2. The Labute approximate surface area is 348 Å².